The fourth-order valence-corrected chi connectivity index (χ4v) is 3.60. The van der Waals surface area contributed by atoms with Crippen molar-refractivity contribution in [2.75, 3.05) is 39.9 Å². The Balaban J connectivity index is 1.84. The highest BCUT2D eigenvalue weighted by Gasteiger charge is 2.31. The van der Waals surface area contributed by atoms with Gasteiger partial charge < -0.3 is 29.0 Å². The van der Waals surface area contributed by atoms with Crippen molar-refractivity contribution in [3.63, 3.8) is 0 Å². The molecule has 0 saturated carbocycles. The zero-order chi connectivity index (χ0) is 19.0. The minimum Gasteiger partial charge on any atom is -0.493 e. The van der Waals surface area contributed by atoms with Crippen LogP contribution in [-0.2, 0) is 4.79 Å². The lowest BCUT2D eigenvalue weighted by atomic mass is 9.84. The molecule has 2 heterocycles. The first-order valence-electron chi connectivity index (χ1n) is 8.68. The van der Waals surface area contributed by atoms with Gasteiger partial charge in [-0.2, -0.15) is 0 Å². The molecule has 0 aromatic heterocycles. The van der Waals surface area contributed by atoms with Crippen molar-refractivity contribution in [2.45, 2.75) is 12.3 Å². The van der Waals surface area contributed by atoms with Crippen LogP contribution < -0.4 is 29.0 Å². The Morgan fingerprint density at radius 3 is 2.15 bits per heavy atom. The Kier molecular flexibility index (Phi) is 4.43. The smallest absolute Gasteiger partial charge is 0.225 e. The largest absolute Gasteiger partial charge is 0.493 e. The summed E-state index contributed by atoms with van der Waals surface area (Å²) < 4.78 is 27.7. The number of methoxy groups -OCH3 is 3. The van der Waals surface area contributed by atoms with Crippen molar-refractivity contribution in [3.8, 4) is 28.7 Å². The van der Waals surface area contributed by atoms with E-state index in [1.165, 1.54) is 0 Å². The maximum Gasteiger partial charge on any atom is 0.225 e. The first kappa shape index (κ1) is 17.3. The van der Waals surface area contributed by atoms with Gasteiger partial charge in [-0.1, -0.05) is 0 Å². The third kappa shape index (κ3) is 2.99. The number of hydrogen-bond acceptors (Lipinski definition) is 6. The first-order valence-corrected chi connectivity index (χ1v) is 8.68. The van der Waals surface area contributed by atoms with E-state index in [1.54, 1.807) is 21.3 Å². The van der Waals surface area contributed by atoms with Gasteiger partial charge in [0.2, 0.25) is 11.7 Å². The first-order chi connectivity index (χ1) is 13.1. The maximum absolute atomic E-state index is 12.3. The SMILES string of the molecule is COc1cc([C@@H]2CC(=O)Nc3cc4c(cc32)OCCO4)cc(OC)c1OC. The molecule has 2 aromatic carbocycles. The number of carbonyl (C=O) groups is 1. The summed E-state index contributed by atoms with van der Waals surface area (Å²) in [6.45, 7) is 1.00. The Morgan fingerprint density at radius 1 is 0.926 bits per heavy atom. The molecule has 1 N–H and O–H groups in total. The van der Waals surface area contributed by atoms with Crippen molar-refractivity contribution in [3.05, 3.63) is 35.4 Å². The van der Waals surface area contributed by atoms with E-state index < -0.39 is 0 Å². The molecule has 2 aromatic rings. The number of anilines is 1. The predicted octanol–water partition coefficient (Wildman–Crippen LogP) is 2.96. The fourth-order valence-electron chi connectivity index (χ4n) is 3.60. The molecule has 4 rings (SSSR count). The van der Waals surface area contributed by atoms with E-state index in [4.69, 9.17) is 23.7 Å². The van der Waals surface area contributed by atoms with Crippen LogP contribution in [0.2, 0.25) is 0 Å². The van der Waals surface area contributed by atoms with Gasteiger partial charge in [0, 0.05) is 24.1 Å². The highest BCUT2D eigenvalue weighted by Crippen LogP contribution is 2.47. The Labute approximate surface area is 157 Å². The molecule has 0 saturated heterocycles. The molecule has 0 aliphatic carbocycles. The van der Waals surface area contributed by atoms with Crippen molar-refractivity contribution < 1.29 is 28.5 Å². The van der Waals surface area contributed by atoms with Gasteiger partial charge in [0.1, 0.15) is 13.2 Å². The van der Waals surface area contributed by atoms with Crippen LogP contribution >= 0.6 is 0 Å². The van der Waals surface area contributed by atoms with Crippen molar-refractivity contribution in [2.24, 2.45) is 0 Å². The van der Waals surface area contributed by atoms with Crippen LogP contribution in [0.5, 0.6) is 28.7 Å². The minimum atomic E-state index is -0.168. The van der Waals surface area contributed by atoms with Gasteiger partial charge in [-0.25, -0.2) is 0 Å². The van der Waals surface area contributed by atoms with Crippen LogP contribution in [0.15, 0.2) is 24.3 Å². The van der Waals surface area contributed by atoms with E-state index in [-0.39, 0.29) is 11.8 Å². The molecule has 2 aliphatic heterocycles. The van der Waals surface area contributed by atoms with Gasteiger partial charge in [-0.05, 0) is 29.3 Å². The van der Waals surface area contributed by atoms with Gasteiger partial charge in [-0.3, -0.25) is 4.79 Å². The molecule has 0 fully saturated rings. The summed E-state index contributed by atoms with van der Waals surface area (Å²) in [5.41, 5.74) is 2.60. The fraction of sp³-hybridized carbons (Fsp3) is 0.350. The van der Waals surface area contributed by atoms with Gasteiger partial charge in [0.25, 0.3) is 0 Å². The second-order valence-electron chi connectivity index (χ2n) is 6.35. The van der Waals surface area contributed by atoms with Crippen LogP contribution in [0.25, 0.3) is 0 Å². The molecule has 7 heteroatoms. The zero-order valence-corrected chi connectivity index (χ0v) is 15.5. The molecule has 27 heavy (non-hydrogen) atoms. The summed E-state index contributed by atoms with van der Waals surface area (Å²) >= 11 is 0. The molecular formula is C20H21NO6. The second kappa shape index (κ2) is 6.90. The third-order valence-electron chi connectivity index (χ3n) is 4.84. The van der Waals surface area contributed by atoms with Gasteiger partial charge in [-0.15, -0.1) is 0 Å². The summed E-state index contributed by atoms with van der Waals surface area (Å²) in [6.07, 6.45) is 0.311. The number of fused-ring (bicyclic) bond motifs is 2. The molecule has 0 spiro atoms. The molecule has 7 nitrogen and oxygen atoms in total. The number of ether oxygens (including phenoxy) is 5. The van der Waals surface area contributed by atoms with Crippen LogP contribution in [0.3, 0.4) is 0 Å². The lowest BCUT2D eigenvalue weighted by molar-refractivity contribution is -0.116. The van der Waals surface area contributed by atoms with Gasteiger partial charge in [0.15, 0.2) is 23.0 Å². The monoisotopic (exact) mass is 371 g/mol. The third-order valence-corrected chi connectivity index (χ3v) is 4.84. The van der Waals surface area contributed by atoms with Gasteiger partial charge in [0.05, 0.1) is 21.3 Å². The molecule has 1 amide bonds. The molecular weight excluding hydrogens is 350 g/mol. The van der Waals surface area contributed by atoms with E-state index >= 15 is 0 Å². The van der Waals surface area contributed by atoms with Crippen LogP contribution in [0.4, 0.5) is 5.69 Å². The minimum absolute atomic E-state index is 0.0575. The summed E-state index contributed by atoms with van der Waals surface area (Å²) in [7, 11) is 4.71. The number of nitrogens with one attached hydrogen (secondary N) is 1. The average Bonchev–Trinajstić information content (AvgIpc) is 2.70. The second-order valence-corrected chi connectivity index (χ2v) is 6.35. The van der Waals surface area contributed by atoms with E-state index in [2.05, 4.69) is 5.32 Å². The van der Waals surface area contributed by atoms with Crippen molar-refractivity contribution in [1.29, 1.82) is 0 Å². The van der Waals surface area contributed by atoms with E-state index in [0.29, 0.717) is 48.4 Å². The highest BCUT2D eigenvalue weighted by molar-refractivity contribution is 5.96. The standard InChI is InChI=1S/C20H21NO6/c1-23-17-6-11(7-18(24-2)20(17)25-3)12-9-19(22)21-14-10-16-15(8-13(12)14)26-4-5-27-16/h6-8,10,12H,4-5,9H2,1-3H3,(H,21,22)/t12-/m0/s1. The molecule has 0 bridgehead atoms. The molecule has 2 aliphatic rings. The van der Waals surface area contributed by atoms with Crippen LogP contribution in [0.1, 0.15) is 23.5 Å². The Morgan fingerprint density at radius 2 is 1.56 bits per heavy atom. The highest BCUT2D eigenvalue weighted by atomic mass is 16.6. The quantitative estimate of drug-likeness (QED) is 0.891. The molecule has 0 unspecified atom stereocenters. The lowest BCUT2D eigenvalue weighted by Crippen LogP contribution is -2.25. The number of hydrogen-bond donors (Lipinski definition) is 1. The van der Waals surface area contributed by atoms with Crippen LogP contribution in [-0.4, -0.2) is 40.5 Å². The summed E-state index contributed by atoms with van der Waals surface area (Å²) in [6, 6.07) is 7.53. The zero-order valence-electron chi connectivity index (χ0n) is 15.5. The normalized spacial score (nSPS) is 17.6. The average molecular weight is 371 g/mol. The molecule has 0 radical (unpaired) electrons. The van der Waals surface area contributed by atoms with E-state index in [9.17, 15) is 4.79 Å². The molecule has 142 valence electrons. The predicted molar refractivity (Wildman–Crippen MR) is 98.6 cm³/mol. The number of benzene rings is 2. The van der Waals surface area contributed by atoms with E-state index in [1.807, 2.05) is 24.3 Å². The van der Waals surface area contributed by atoms with Crippen molar-refractivity contribution >= 4 is 11.6 Å². The maximum atomic E-state index is 12.3. The summed E-state index contributed by atoms with van der Waals surface area (Å²) in [5, 5.41) is 2.93. The number of rotatable bonds is 4. The Hall–Kier alpha value is -3.09. The summed E-state index contributed by atoms with van der Waals surface area (Å²) in [4.78, 5) is 12.3. The van der Waals surface area contributed by atoms with Crippen molar-refractivity contribution in [1.82, 2.24) is 0 Å². The van der Waals surface area contributed by atoms with Crippen LogP contribution in [0, 0.1) is 0 Å². The Bertz CT molecular complexity index is 869. The number of carbonyl (C=O) groups excluding carboxylic acids is 1. The summed E-state index contributed by atoms with van der Waals surface area (Å²) in [5.74, 6) is 2.73. The van der Waals surface area contributed by atoms with E-state index in [0.717, 1.165) is 16.8 Å². The lowest BCUT2D eigenvalue weighted by Gasteiger charge is -2.29. The number of amides is 1. The topological polar surface area (TPSA) is 75.3 Å². The molecule has 1 atom stereocenters. The van der Waals surface area contributed by atoms with Gasteiger partial charge >= 0.3 is 0 Å².